The first-order chi connectivity index (χ1) is 12.1. The Morgan fingerprint density at radius 1 is 1.40 bits per heavy atom. The predicted octanol–water partition coefficient (Wildman–Crippen LogP) is 2.66. The van der Waals surface area contributed by atoms with Crippen LogP contribution >= 0.6 is 23.1 Å². The summed E-state index contributed by atoms with van der Waals surface area (Å²) in [4.78, 5) is 19.5. The average Bonchev–Trinajstić information content (AvgIpc) is 3.04. The summed E-state index contributed by atoms with van der Waals surface area (Å²) in [6, 6.07) is 10.2. The molecule has 2 aromatic rings. The SMILES string of the molecule is CN1COCN(Cc2cnc(SCc3ccccc3)s2)/C1=N\[N+](=O)[O-]. The maximum Gasteiger partial charge on any atom is 0.277 e. The summed E-state index contributed by atoms with van der Waals surface area (Å²) in [5.41, 5.74) is 1.25. The minimum Gasteiger partial charge on any atom is -0.341 e. The number of nitro groups is 1. The average molecular weight is 379 g/mol. The highest BCUT2D eigenvalue weighted by Crippen LogP contribution is 2.28. The van der Waals surface area contributed by atoms with E-state index >= 15 is 0 Å². The van der Waals surface area contributed by atoms with E-state index in [4.69, 9.17) is 4.74 Å². The van der Waals surface area contributed by atoms with Crippen LogP contribution < -0.4 is 0 Å². The number of thiazole rings is 1. The molecule has 0 amide bonds. The number of guanidine groups is 1. The molecular formula is C15H17N5O3S2. The molecule has 8 nitrogen and oxygen atoms in total. The first-order valence-corrected chi connectivity index (χ1v) is 9.30. The van der Waals surface area contributed by atoms with Gasteiger partial charge in [0.2, 0.25) is 0 Å². The van der Waals surface area contributed by atoms with E-state index in [9.17, 15) is 10.1 Å². The normalized spacial score (nSPS) is 16.4. The topological polar surface area (TPSA) is 84.1 Å². The molecule has 0 spiro atoms. The first kappa shape index (κ1) is 17.6. The number of hydrazone groups is 1. The molecule has 10 heteroatoms. The third kappa shape index (κ3) is 4.91. The summed E-state index contributed by atoms with van der Waals surface area (Å²) in [5, 5.41) is 13.5. The minimum atomic E-state index is -0.683. The summed E-state index contributed by atoms with van der Waals surface area (Å²) < 4.78 is 6.39. The van der Waals surface area contributed by atoms with Crippen LogP contribution in [0.3, 0.4) is 0 Å². The standard InChI is InChI=1S/C15H17N5O3S2/c1-18-10-23-11-19(14(18)17-20(21)22)8-13-7-16-15(25-13)24-9-12-5-3-2-4-6-12/h2-7H,8-11H2,1H3/b17-14-. The summed E-state index contributed by atoms with van der Waals surface area (Å²) >= 11 is 3.26. The Labute approximate surface area is 153 Å². The Hall–Kier alpha value is -2.17. The van der Waals surface area contributed by atoms with Crippen LogP contribution in [-0.2, 0) is 17.0 Å². The van der Waals surface area contributed by atoms with Crippen LogP contribution in [0.5, 0.6) is 0 Å². The van der Waals surface area contributed by atoms with Gasteiger partial charge in [0.1, 0.15) is 22.9 Å². The summed E-state index contributed by atoms with van der Waals surface area (Å²) in [6.07, 6.45) is 1.80. The second-order valence-corrected chi connectivity index (χ2v) is 7.70. The number of rotatable bonds is 6. The number of benzene rings is 1. The van der Waals surface area contributed by atoms with Gasteiger partial charge in [0.15, 0.2) is 5.03 Å². The van der Waals surface area contributed by atoms with Gasteiger partial charge in [-0.2, -0.15) is 0 Å². The molecule has 1 fully saturated rings. The predicted molar refractivity (Wildman–Crippen MR) is 96.7 cm³/mol. The van der Waals surface area contributed by atoms with E-state index in [0.717, 1.165) is 15.0 Å². The molecule has 1 aliphatic heterocycles. The smallest absolute Gasteiger partial charge is 0.277 e. The van der Waals surface area contributed by atoms with E-state index < -0.39 is 5.03 Å². The van der Waals surface area contributed by atoms with E-state index in [-0.39, 0.29) is 13.5 Å². The van der Waals surface area contributed by atoms with E-state index in [1.54, 1.807) is 46.1 Å². The number of thioether (sulfide) groups is 1. The summed E-state index contributed by atoms with van der Waals surface area (Å²) in [7, 11) is 1.71. The largest absolute Gasteiger partial charge is 0.341 e. The van der Waals surface area contributed by atoms with Crippen molar-refractivity contribution in [3.05, 3.63) is 57.1 Å². The molecule has 25 heavy (non-hydrogen) atoms. The first-order valence-electron chi connectivity index (χ1n) is 7.50. The van der Waals surface area contributed by atoms with Crippen molar-refractivity contribution in [2.75, 3.05) is 20.5 Å². The van der Waals surface area contributed by atoms with Gasteiger partial charge >= 0.3 is 0 Å². The molecule has 0 atom stereocenters. The molecule has 1 saturated heterocycles. The van der Waals surface area contributed by atoms with Gasteiger partial charge in [-0.25, -0.2) is 15.1 Å². The lowest BCUT2D eigenvalue weighted by Crippen LogP contribution is -2.49. The van der Waals surface area contributed by atoms with Crippen LogP contribution in [0.15, 0.2) is 46.0 Å². The lowest BCUT2D eigenvalue weighted by Gasteiger charge is -2.34. The monoisotopic (exact) mass is 379 g/mol. The van der Waals surface area contributed by atoms with Gasteiger partial charge < -0.3 is 14.5 Å². The fourth-order valence-corrected chi connectivity index (χ4v) is 4.31. The van der Waals surface area contributed by atoms with Crippen LogP contribution in [-0.4, -0.2) is 46.3 Å². The zero-order chi connectivity index (χ0) is 17.6. The highest BCUT2D eigenvalue weighted by atomic mass is 32.2. The molecule has 0 radical (unpaired) electrons. The number of aromatic nitrogens is 1. The second kappa shape index (κ2) is 8.28. The van der Waals surface area contributed by atoms with E-state index in [2.05, 4.69) is 22.2 Å². The Morgan fingerprint density at radius 3 is 2.96 bits per heavy atom. The third-order valence-electron chi connectivity index (χ3n) is 3.41. The highest BCUT2D eigenvalue weighted by Gasteiger charge is 2.25. The molecule has 0 unspecified atom stereocenters. The Bertz CT molecular complexity index is 753. The van der Waals surface area contributed by atoms with Crippen molar-refractivity contribution in [1.29, 1.82) is 0 Å². The molecule has 0 N–H and O–H groups in total. The van der Waals surface area contributed by atoms with E-state index in [1.807, 2.05) is 18.2 Å². The van der Waals surface area contributed by atoms with Gasteiger partial charge in [-0.05, 0) is 5.56 Å². The number of ether oxygens (including phenoxy) is 1. The maximum atomic E-state index is 10.7. The lowest BCUT2D eigenvalue weighted by molar-refractivity contribution is -0.486. The molecule has 1 aliphatic rings. The molecule has 1 aromatic heterocycles. The van der Waals surface area contributed by atoms with Gasteiger partial charge in [0.25, 0.3) is 5.96 Å². The summed E-state index contributed by atoms with van der Waals surface area (Å²) in [6.45, 7) is 1.02. The van der Waals surface area contributed by atoms with E-state index in [1.165, 1.54) is 5.56 Å². The van der Waals surface area contributed by atoms with Crippen molar-refractivity contribution < 1.29 is 9.77 Å². The minimum absolute atomic E-state index is 0.265. The Kier molecular flexibility index (Phi) is 5.84. The summed E-state index contributed by atoms with van der Waals surface area (Å²) in [5.74, 6) is 1.15. The van der Waals surface area contributed by atoms with E-state index in [0.29, 0.717) is 12.5 Å². The quantitative estimate of drug-likeness (QED) is 0.433. The Morgan fingerprint density at radius 2 is 2.20 bits per heavy atom. The third-order valence-corrected chi connectivity index (χ3v) is 5.62. The zero-order valence-corrected chi connectivity index (χ0v) is 15.2. The fourth-order valence-electron chi connectivity index (χ4n) is 2.31. The van der Waals surface area contributed by atoms with Crippen LogP contribution in [0, 0.1) is 10.1 Å². The highest BCUT2D eigenvalue weighted by molar-refractivity contribution is 8.00. The second-order valence-electron chi connectivity index (χ2n) is 5.36. The molecule has 1 aromatic carbocycles. The molecule has 0 saturated carbocycles. The van der Waals surface area contributed by atoms with Crippen molar-refractivity contribution in [3.8, 4) is 0 Å². The van der Waals surface area contributed by atoms with Crippen molar-refractivity contribution in [1.82, 2.24) is 14.8 Å². The van der Waals surface area contributed by atoms with Crippen molar-refractivity contribution >= 4 is 29.1 Å². The van der Waals surface area contributed by atoms with Crippen molar-refractivity contribution in [3.63, 3.8) is 0 Å². The lowest BCUT2D eigenvalue weighted by atomic mass is 10.2. The number of hydrogen-bond acceptors (Lipinski definition) is 6. The van der Waals surface area contributed by atoms with Crippen LogP contribution in [0.4, 0.5) is 0 Å². The van der Waals surface area contributed by atoms with Gasteiger partial charge in [-0.3, -0.25) is 0 Å². The van der Waals surface area contributed by atoms with Crippen molar-refractivity contribution in [2.45, 2.75) is 16.6 Å². The molecule has 2 heterocycles. The Balaban J connectivity index is 1.63. The van der Waals surface area contributed by atoms with Gasteiger partial charge in [-0.1, -0.05) is 42.1 Å². The molecule has 0 bridgehead atoms. The fraction of sp³-hybridized carbons (Fsp3) is 0.333. The van der Waals surface area contributed by atoms with Gasteiger partial charge in [0.05, 0.1) is 6.54 Å². The molecular weight excluding hydrogens is 362 g/mol. The van der Waals surface area contributed by atoms with Crippen molar-refractivity contribution in [2.24, 2.45) is 5.10 Å². The van der Waals surface area contributed by atoms with Gasteiger partial charge in [0, 0.05) is 23.9 Å². The van der Waals surface area contributed by atoms with Crippen LogP contribution in [0.1, 0.15) is 10.4 Å². The van der Waals surface area contributed by atoms with Crippen LogP contribution in [0.25, 0.3) is 0 Å². The molecule has 0 aliphatic carbocycles. The number of nitrogens with zero attached hydrogens (tertiary/aromatic N) is 5. The van der Waals surface area contributed by atoms with Gasteiger partial charge in [-0.15, -0.1) is 11.3 Å². The maximum absolute atomic E-state index is 10.7. The molecule has 132 valence electrons. The zero-order valence-electron chi connectivity index (χ0n) is 13.6. The number of hydrogen-bond donors (Lipinski definition) is 0. The molecule has 3 rings (SSSR count). The van der Waals surface area contributed by atoms with Crippen LogP contribution in [0.2, 0.25) is 0 Å².